The van der Waals surface area contributed by atoms with Crippen LogP contribution in [0.15, 0.2) is 12.2 Å². The Morgan fingerprint density at radius 1 is 1.27 bits per heavy atom. The molecule has 3 aliphatic rings. The Hall–Kier alpha value is -0.380. The van der Waals surface area contributed by atoms with E-state index in [2.05, 4.69) is 13.8 Å². The van der Waals surface area contributed by atoms with Gasteiger partial charge in [0.25, 0.3) is 0 Å². The highest BCUT2D eigenvalue weighted by molar-refractivity contribution is 5.11. The molecule has 0 saturated heterocycles. The lowest BCUT2D eigenvalue weighted by Gasteiger charge is -2.45. The standard InChI is InChI=1S/C19H32O3/c1-13(12-22-14-8-10-18(2,21)11-14)15-6-7-16-17(20)5-4-9-19(15,16)3/h8,10,13-17,20-21H,4-7,9,11-12H2,1-3H3/t13-,14+,15+,16?,17?,18+,19+/m0/s1. The van der Waals surface area contributed by atoms with Crippen LogP contribution in [0.1, 0.15) is 59.3 Å². The number of rotatable bonds is 4. The van der Waals surface area contributed by atoms with Gasteiger partial charge in [0.15, 0.2) is 0 Å². The highest BCUT2D eigenvalue weighted by Gasteiger charge is 2.52. The van der Waals surface area contributed by atoms with Crippen LogP contribution in [-0.4, -0.2) is 34.6 Å². The number of hydrogen-bond acceptors (Lipinski definition) is 3. The minimum atomic E-state index is -0.703. The van der Waals surface area contributed by atoms with Crippen molar-refractivity contribution in [3.63, 3.8) is 0 Å². The molecule has 3 heteroatoms. The molecule has 3 rings (SSSR count). The van der Waals surface area contributed by atoms with Crippen molar-refractivity contribution in [2.45, 2.75) is 77.1 Å². The fourth-order valence-electron chi connectivity index (χ4n) is 5.49. The van der Waals surface area contributed by atoms with Crippen LogP contribution in [0.5, 0.6) is 0 Å². The molecular formula is C19H32O3. The van der Waals surface area contributed by atoms with Crippen LogP contribution >= 0.6 is 0 Å². The summed E-state index contributed by atoms with van der Waals surface area (Å²) in [5.74, 6) is 1.65. The van der Waals surface area contributed by atoms with Gasteiger partial charge in [0.2, 0.25) is 0 Å². The molecule has 22 heavy (non-hydrogen) atoms. The lowest BCUT2D eigenvalue weighted by Crippen LogP contribution is -2.42. The van der Waals surface area contributed by atoms with E-state index in [0.717, 1.165) is 19.4 Å². The van der Waals surface area contributed by atoms with Gasteiger partial charge in [0.1, 0.15) is 0 Å². The largest absolute Gasteiger partial charge is 0.393 e. The summed E-state index contributed by atoms with van der Waals surface area (Å²) in [4.78, 5) is 0. The lowest BCUT2D eigenvalue weighted by molar-refractivity contribution is -0.0456. The summed E-state index contributed by atoms with van der Waals surface area (Å²) in [6.07, 6.45) is 10.3. The third-order valence-electron chi connectivity index (χ3n) is 6.71. The number of fused-ring (bicyclic) bond motifs is 1. The van der Waals surface area contributed by atoms with E-state index >= 15 is 0 Å². The van der Waals surface area contributed by atoms with E-state index in [9.17, 15) is 10.2 Å². The molecule has 2 unspecified atom stereocenters. The molecule has 0 aliphatic heterocycles. The van der Waals surface area contributed by atoms with Crippen molar-refractivity contribution in [1.82, 2.24) is 0 Å². The average Bonchev–Trinajstić information content (AvgIpc) is 2.96. The maximum Gasteiger partial charge on any atom is 0.0828 e. The van der Waals surface area contributed by atoms with Crippen LogP contribution in [0.3, 0.4) is 0 Å². The maximum atomic E-state index is 10.3. The van der Waals surface area contributed by atoms with Gasteiger partial charge in [-0.15, -0.1) is 0 Å². The average molecular weight is 308 g/mol. The number of ether oxygens (including phenoxy) is 1. The highest BCUT2D eigenvalue weighted by Crippen LogP contribution is 2.57. The van der Waals surface area contributed by atoms with Gasteiger partial charge in [-0.25, -0.2) is 0 Å². The van der Waals surface area contributed by atoms with Crippen LogP contribution in [-0.2, 0) is 4.74 Å². The summed E-state index contributed by atoms with van der Waals surface area (Å²) < 4.78 is 6.06. The first kappa shape index (κ1) is 16.5. The summed E-state index contributed by atoms with van der Waals surface area (Å²) in [6, 6.07) is 0. The van der Waals surface area contributed by atoms with Gasteiger partial charge < -0.3 is 14.9 Å². The fourth-order valence-corrected chi connectivity index (χ4v) is 5.49. The van der Waals surface area contributed by atoms with E-state index in [1.807, 2.05) is 19.1 Å². The minimum absolute atomic E-state index is 0.0550. The van der Waals surface area contributed by atoms with E-state index in [4.69, 9.17) is 4.74 Å². The Kier molecular flexibility index (Phi) is 4.43. The van der Waals surface area contributed by atoms with Gasteiger partial charge in [-0.05, 0) is 55.8 Å². The molecular weight excluding hydrogens is 276 g/mol. The van der Waals surface area contributed by atoms with E-state index < -0.39 is 5.60 Å². The molecule has 7 atom stereocenters. The minimum Gasteiger partial charge on any atom is -0.393 e. The molecule has 3 aliphatic carbocycles. The van der Waals surface area contributed by atoms with Gasteiger partial charge in [-0.2, -0.15) is 0 Å². The van der Waals surface area contributed by atoms with Gasteiger partial charge in [0.05, 0.1) is 24.4 Å². The predicted octanol–water partition coefficient (Wildman–Crippen LogP) is 3.30. The molecule has 0 aromatic rings. The van der Waals surface area contributed by atoms with Gasteiger partial charge in [-0.1, -0.05) is 32.4 Å². The molecule has 0 amide bonds. The van der Waals surface area contributed by atoms with Gasteiger partial charge in [-0.3, -0.25) is 0 Å². The smallest absolute Gasteiger partial charge is 0.0828 e. The summed E-state index contributed by atoms with van der Waals surface area (Å²) in [6.45, 7) is 7.29. The van der Waals surface area contributed by atoms with Crippen molar-refractivity contribution in [2.24, 2.45) is 23.2 Å². The van der Waals surface area contributed by atoms with Crippen LogP contribution in [0, 0.1) is 23.2 Å². The summed E-state index contributed by atoms with van der Waals surface area (Å²) in [5, 5.41) is 20.3. The molecule has 2 fully saturated rings. The molecule has 2 saturated carbocycles. The van der Waals surface area contributed by atoms with Crippen molar-refractivity contribution >= 4 is 0 Å². The monoisotopic (exact) mass is 308 g/mol. The molecule has 3 nitrogen and oxygen atoms in total. The molecule has 0 spiro atoms. The molecule has 0 bridgehead atoms. The second kappa shape index (κ2) is 5.92. The SMILES string of the molecule is C[C@@H](CO[C@@H]1C=C[C@@](C)(O)C1)[C@H]1CCC2C(O)CCC[C@@]21C. The summed E-state index contributed by atoms with van der Waals surface area (Å²) >= 11 is 0. The Bertz CT molecular complexity index is 430. The topological polar surface area (TPSA) is 49.7 Å². The molecule has 0 radical (unpaired) electrons. The van der Waals surface area contributed by atoms with Crippen molar-refractivity contribution < 1.29 is 14.9 Å². The lowest BCUT2D eigenvalue weighted by atomic mass is 9.62. The van der Waals surface area contributed by atoms with Crippen LogP contribution in [0.4, 0.5) is 0 Å². The zero-order valence-corrected chi connectivity index (χ0v) is 14.3. The zero-order chi connectivity index (χ0) is 16.0. The Morgan fingerprint density at radius 3 is 2.73 bits per heavy atom. The Balaban J connectivity index is 1.56. The van der Waals surface area contributed by atoms with Crippen LogP contribution in [0.25, 0.3) is 0 Å². The summed E-state index contributed by atoms with van der Waals surface area (Å²) in [7, 11) is 0. The molecule has 0 aromatic carbocycles. The molecule has 0 heterocycles. The molecule has 126 valence electrons. The van der Waals surface area contributed by atoms with Crippen molar-refractivity contribution in [3.8, 4) is 0 Å². The van der Waals surface area contributed by atoms with E-state index in [1.54, 1.807) is 0 Å². The van der Waals surface area contributed by atoms with Crippen LogP contribution in [0.2, 0.25) is 0 Å². The van der Waals surface area contributed by atoms with Crippen molar-refractivity contribution in [1.29, 1.82) is 0 Å². The molecule has 2 N–H and O–H groups in total. The van der Waals surface area contributed by atoms with Crippen LogP contribution < -0.4 is 0 Å². The van der Waals surface area contributed by atoms with Crippen molar-refractivity contribution in [3.05, 3.63) is 12.2 Å². The third kappa shape index (κ3) is 3.00. The highest BCUT2D eigenvalue weighted by atomic mass is 16.5. The van der Waals surface area contributed by atoms with E-state index in [-0.39, 0.29) is 17.6 Å². The zero-order valence-electron chi connectivity index (χ0n) is 14.3. The maximum absolute atomic E-state index is 10.3. The first-order valence-electron chi connectivity index (χ1n) is 9.03. The Morgan fingerprint density at radius 2 is 2.05 bits per heavy atom. The summed E-state index contributed by atoms with van der Waals surface area (Å²) in [5.41, 5.74) is -0.413. The third-order valence-corrected chi connectivity index (χ3v) is 6.71. The first-order chi connectivity index (χ1) is 10.3. The number of aliphatic hydroxyl groups excluding tert-OH is 1. The van der Waals surface area contributed by atoms with E-state index in [0.29, 0.717) is 24.2 Å². The fraction of sp³-hybridized carbons (Fsp3) is 0.895. The second-order valence-corrected chi connectivity index (χ2v) is 8.53. The van der Waals surface area contributed by atoms with Crippen molar-refractivity contribution in [2.75, 3.05) is 6.61 Å². The Labute approximate surface area is 134 Å². The normalized spacial score (nSPS) is 49.3. The number of hydrogen-bond donors (Lipinski definition) is 2. The first-order valence-corrected chi connectivity index (χ1v) is 9.03. The predicted molar refractivity (Wildman–Crippen MR) is 87.5 cm³/mol. The van der Waals surface area contributed by atoms with Gasteiger partial charge in [0, 0.05) is 6.42 Å². The quantitative estimate of drug-likeness (QED) is 0.784. The number of aliphatic hydroxyl groups is 2. The second-order valence-electron chi connectivity index (χ2n) is 8.53. The van der Waals surface area contributed by atoms with E-state index in [1.165, 1.54) is 19.3 Å². The van der Waals surface area contributed by atoms with Gasteiger partial charge >= 0.3 is 0 Å². The molecule has 0 aromatic heterocycles.